The summed E-state index contributed by atoms with van der Waals surface area (Å²) in [4.78, 5) is 8.75. The van der Waals surface area contributed by atoms with Crippen LogP contribution in [0, 0.1) is 0 Å². The second-order valence-corrected chi connectivity index (χ2v) is 6.74. The number of nitrogens with zero attached hydrogens (tertiary/aromatic N) is 2. The molecule has 1 atom stereocenters. The van der Waals surface area contributed by atoms with Gasteiger partial charge in [-0.1, -0.05) is 42.1 Å². The topological polar surface area (TPSA) is 113 Å². The molecule has 1 heterocycles. The molecule has 0 aliphatic carbocycles. The largest absolute Gasteiger partial charge is 0.394 e. The van der Waals surface area contributed by atoms with Gasteiger partial charge in [0.15, 0.2) is 5.16 Å². The predicted molar refractivity (Wildman–Crippen MR) is 98.1 cm³/mol. The number of hydrogen-bond donors (Lipinski definition) is 4. The average Bonchev–Trinajstić information content (AvgIpc) is 2.60. The number of nitrogens with one attached hydrogen (secondary N) is 2. The summed E-state index contributed by atoms with van der Waals surface area (Å²) in [7, 11) is -2.93. The van der Waals surface area contributed by atoms with Crippen molar-refractivity contribution < 1.29 is 17.7 Å². The fourth-order valence-electron chi connectivity index (χ4n) is 1.83. The normalized spacial score (nSPS) is 12.1. The summed E-state index contributed by atoms with van der Waals surface area (Å²) in [5, 5.41) is 15.5. The van der Waals surface area contributed by atoms with Gasteiger partial charge in [0.1, 0.15) is 18.4 Å². The zero-order chi connectivity index (χ0) is 18.1. The first-order chi connectivity index (χ1) is 12.1. The fraction of sp³-hybridized carbons (Fsp3) is 0.333. The van der Waals surface area contributed by atoms with E-state index < -0.39 is 11.0 Å². The van der Waals surface area contributed by atoms with Crippen LogP contribution in [0.1, 0.15) is 12.5 Å². The van der Waals surface area contributed by atoms with E-state index in [1.54, 1.807) is 6.07 Å². The van der Waals surface area contributed by atoms with E-state index in [-0.39, 0.29) is 19.4 Å². The van der Waals surface area contributed by atoms with Crippen molar-refractivity contribution in [2.24, 2.45) is 0 Å². The second kappa shape index (κ2) is 10.2. The monoisotopic (exact) mass is 384 g/mol. The van der Waals surface area contributed by atoms with Gasteiger partial charge >= 0.3 is 0 Å². The van der Waals surface area contributed by atoms with Crippen LogP contribution >= 0.6 is 11.8 Å². The van der Waals surface area contributed by atoms with Crippen molar-refractivity contribution in [2.75, 3.05) is 24.0 Å². The van der Waals surface area contributed by atoms with Crippen molar-refractivity contribution in [3.8, 4) is 0 Å². The van der Waals surface area contributed by atoms with Crippen LogP contribution in [0.2, 0.25) is 0 Å². The zero-order valence-corrected chi connectivity index (χ0v) is 15.3. The minimum absolute atomic E-state index is 0.0426. The maximum atomic E-state index is 10.5. The number of thiol groups is 1. The molecule has 0 saturated carbocycles. The molecule has 25 heavy (non-hydrogen) atoms. The van der Waals surface area contributed by atoms with Crippen molar-refractivity contribution in [2.45, 2.75) is 23.9 Å². The number of benzene rings is 1. The van der Waals surface area contributed by atoms with E-state index in [2.05, 4.69) is 24.8 Å². The van der Waals surface area contributed by atoms with Crippen molar-refractivity contribution >= 4 is 34.4 Å². The molecular weight excluding hydrogens is 364 g/mol. The minimum atomic E-state index is -2.93. The molecule has 0 bridgehead atoms. The van der Waals surface area contributed by atoms with Gasteiger partial charge in [0.25, 0.3) is 11.0 Å². The number of aliphatic hydroxyl groups is 1. The Kier molecular flexibility index (Phi) is 7.92. The van der Waals surface area contributed by atoms with Crippen LogP contribution in [-0.2, 0) is 20.9 Å². The standard InChI is InChI=1S/C15H20N4O4S2/c1-11(8-20)17-14-7-13(16-10-23-25(21)22)18-15(19-14)24-9-12-5-3-2-4-6-12/h2-7,11,20,25H,8-10H2,1H3,(H2,16,17,18,19)/t11-/m1/s1. The molecule has 1 aromatic heterocycles. The second-order valence-electron chi connectivity index (χ2n) is 5.10. The zero-order valence-electron chi connectivity index (χ0n) is 13.6. The lowest BCUT2D eigenvalue weighted by atomic mass is 10.2. The summed E-state index contributed by atoms with van der Waals surface area (Å²) >= 11 is 1.45. The molecule has 3 N–H and O–H groups in total. The summed E-state index contributed by atoms with van der Waals surface area (Å²) in [5.74, 6) is 1.65. The molecule has 0 saturated heterocycles. The van der Waals surface area contributed by atoms with Crippen LogP contribution in [0.4, 0.5) is 11.6 Å². The Hall–Kier alpha value is -1.88. The molecule has 10 heteroatoms. The number of aromatic nitrogens is 2. The number of hydrogen-bond acceptors (Lipinski definition) is 9. The first-order valence-electron chi connectivity index (χ1n) is 7.51. The van der Waals surface area contributed by atoms with E-state index in [4.69, 9.17) is 0 Å². The molecule has 0 unspecified atom stereocenters. The molecule has 0 aliphatic heterocycles. The molecular formula is C15H20N4O4S2. The van der Waals surface area contributed by atoms with Gasteiger partial charge in [-0.05, 0) is 12.5 Å². The van der Waals surface area contributed by atoms with Crippen LogP contribution < -0.4 is 10.6 Å². The van der Waals surface area contributed by atoms with Gasteiger partial charge in [-0.25, -0.2) is 18.4 Å². The summed E-state index contributed by atoms with van der Waals surface area (Å²) in [6.45, 7) is 1.56. The maximum absolute atomic E-state index is 10.5. The first-order valence-corrected chi connectivity index (χ1v) is 9.59. The summed E-state index contributed by atoms with van der Waals surface area (Å²) in [5.41, 5.74) is 1.14. The van der Waals surface area contributed by atoms with Crippen molar-refractivity contribution in [1.82, 2.24) is 9.97 Å². The third kappa shape index (κ3) is 7.26. The van der Waals surface area contributed by atoms with E-state index in [0.717, 1.165) is 5.56 Å². The van der Waals surface area contributed by atoms with Gasteiger partial charge in [-0.2, -0.15) is 0 Å². The van der Waals surface area contributed by atoms with Gasteiger partial charge in [0.2, 0.25) is 0 Å². The Morgan fingerprint density at radius 1 is 1.24 bits per heavy atom. The number of rotatable bonds is 10. The Morgan fingerprint density at radius 2 is 1.96 bits per heavy atom. The molecule has 0 amide bonds. The molecule has 0 aliphatic rings. The van der Waals surface area contributed by atoms with Crippen molar-refractivity contribution in [3.63, 3.8) is 0 Å². The van der Waals surface area contributed by atoms with Crippen molar-refractivity contribution in [3.05, 3.63) is 42.0 Å². The molecule has 1 aromatic carbocycles. The first kappa shape index (κ1) is 19.4. The fourth-order valence-corrected chi connectivity index (χ4v) is 2.82. The van der Waals surface area contributed by atoms with Gasteiger partial charge in [0.05, 0.1) is 6.61 Å². The van der Waals surface area contributed by atoms with Crippen LogP contribution in [0.3, 0.4) is 0 Å². The van der Waals surface area contributed by atoms with Gasteiger partial charge in [-0.3, -0.25) is 4.18 Å². The van der Waals surface area contributed by atoms with Gasteiger partial charge in [-0.15, -0.1) is 0 Å². The Morgan fingerprint density at radius 3 is 2.64 bits per heavy atom. The lowest BCUT2D eigenvalue weighted by Crippen LogP contribution is -2.20. The Bertz CT molecular complexity index is 736. The van der Waals surface area contributed by atoms with Crippen LogP contribution in [0.25, 0.3) is 0 Å². The number of thioether (sulfide) groups is 1. The van der Waals surface area contributed by atoms with Crippen LogP contribution in [0.15, 0.2) is 41.6 Å². The molecule has 0 radical (unpaired) electrons. The maximum Gasteiger partial charge on any atom is 0.258 e. The Balaban J connectivity index is 2.10. The summed E-state index contributed by atoms with van der Waals surface area (Å²) in [6.07, 6.45) is 0. The van der Waals surface area contributed by atoms with E-state index >= 15 is 0 Å². The molecule has 0 spiro atoms. The smallest absolute Gasteiger partial charge is 0.258 e. The summed E-state index contributed by atoms with van der Waals surface area (Å²) in [6, 6.07) is 11.4. The SMILES string of the molecule is C[C@H](CO)Nc1cc(NCO[SH](=O)=O)nc(SCc2ccccc2)n1. The van der Waals surface area contributed by atoms with E-state index in [1.807, 2.05) is 37.3 Å². The van der Waals surface area contributed by atoms with Gasteiger partial charge < -0.3 is 15.7 Å². The molecule has 0 fully saturated rings. The average molecular weight is 384 g/mol. The molecule has 8 nitrogen and oxygen atoms in total. The predicted octanol–water partition coefficient (Wildman–Crippen LogP) is 1.47. The van der Waals surface area contributed by atoms with Crippen LogP contribution in [0.5, 0.6) is 0 Å². The van der Waals surface area contributed by atoms with E-state index in [9.17, 15) is 13.5 Å². The molecule has 2 aromatic rings. The minimum Gasteiger partial charge on any atom is -0.394 e. The van der Waals surface area contributed by atoms with Crippen molar-refractivity contribution in [1.29, 1.82) is 0 Å². The number of aliphatic hydroxyl groups excluding tert-OH is 1. The lowest BCUT2D eigenvalue weighted by Gasteiger charge is -2.14. The third-order valence-electron chi connectivity index (χ3n) is 3.01. The molecule has 2 rings (SSSR count). The highest BCUT2D eigenvalue weighted by Gasteiger charge is 2.08. The lowest BCUT2D eigenvalue weighted by molar-refractivity contribution is 0.281. The molecule has 136 valence electrons. The number of anilines is 2. The highest BCUT2D eigenvalue weighted by atomic mass is 32.2. The highest BCUT2D eigenvalue weighted by Crippen LogP contribution is 2.23. The van der Waals surface area contributed by atoms with E-state index in [1.165, 1.54) is 11.8 Å². The summed E-state index contributed by atoms with van der Waals surface area (Å²) < 4.78 is 25.4. The Labute approximate surface area is 152 Å². The van der Waals surface area contributed by atoms with Gasteiger partial charge in [0, 0.05) is 17.9 Å². The third-order valence-corrected chi connectivity index (χ3v) is 4.27. The highest BCUT2D eigenvalue weighted by molar-refractivity contribution is 7.98. The quantitative estimate of drug-likeness (QED) is 0.209. The van der Waals surface area contributed by atoms with E-state index in [0.29, 0.717) is 22.5 Å². The van der Waals surface area contributed by atoms with Crippen LogP contribution in [-0.4, -0.2) is 42.9 Å².